The van der Waals surface area contributed by atoms with Gasteiger partial charge in [0.15, 0.2) is 5.54 Å². The van der Waals surface area contributed by atoms with Gasteiger partial charge in [0, 0.05) is 6.20 Å². The lowest BCUT2D eigenvalue weighted by Gasteiger charge is -2.31. The van der Waals surface area contributed by atoms with Crippen LogP contribution in [0.4, 0.5) is 0 Å². The Hall–Kier alpha value is -1.41. The van der Waals surface area contributed by atoms with Gasteiger partial charge in [-0.05, 0) is 42.1 Å². The smallest absolute Gasteiger partial charge is 0.332 e. The minimum absolute atomic E-state index is 0.302. The van der Waals surface area contributed by atoms with Crippen LogP contribution in [0.5, 0.6) is 0 Å². The molecule has 0 bridgehead atoms. The van der Waals surface area contributed by atoms with Crippen molar-refractivity contribution < 1.29 is 9.53 Å². The second kappa shape index (κ2) is 7.04. The van der Waals surface area contributed by atoms with Crippen LogP contribution in [0, 0.1) is 3.57 Å². The summed E-state index contributed by atoms with van der Waals surface area (Å²) in [4.78, 5) is 12.6. The van der Waals surface area contributed by atoms with Crippen molar-refractivity contribution in [2.75, 3.05) is 13.7 Å². The lowest BCUT2D eigenvalue weighted by Crippen LogP contribution is -2.51. The average Bonchev–Trinajstić information content (AvgIpc) is 2.91. The van der Waals surface area contributed by atoms with Crippen molar-refractivity contribution in [3.05, 3.63) is 51.9 Å². The van der Waals surface area contributed by atoms with Crippen LogP contribution in [0.1, 0.15) is 12.5 Å². The van der Waals surface area contributed by atoms with E-state index in [0.717, 1.165) is 9.13 Å². The minimum atomic E-state index is -0.952. The van der Waals surface area contributed by atoms with Crippen LogP contribution < -0.4 is 5.32 Å². The number of esters is 1. The van der Waals surface area contributed by atoms with Gasteiger partial charge in [0.1, 0.15) is 0 Å². The van der Waals surface area contributed by atoms with Crippen molar-refractivity contribution in [3.8, 4) is 0 Å². The Balaban J connectivity index is 2.43. The predicted molar refractivity (Wildman–Crippen MR) is 88.8 cm³/mol. The first kappa shape index (κ1) is 16.0. The second-order valence-electron chi connectivity index (χ2n) is 4.60. The van der Waals surface area contributed by atoms with Crippen molar-refractivity contribution in [3.63, 3.8) is 0 Å². The Morgan fingerprint density at radius 2 is 2.14 bits per heavy atom. The van der Waals surface area contributed by atoms with E-state index in [1.54, 1.807) is 24.9 Å². The number of ether oxygens (including phenoxy) is 1. The number of rotatable bonds is 6. The predicted octanol–water partition coefficient (Wildman–Crippen LogP) is 2.17. The van der Waals surface area contributed by atoms with E-state index in [0.29, 0.717) is 13.2 Å². The van der Waals surface area contributed by atoms with E-state index in [9.17, 15) is 4.79 Å². The van der Waals surface area contributed by atoms with Gasteiger partial charge in [-0.25, -0.2) is 4.79 Å². The zero-order chi connectivity index (χ0) is 15.3. The van der Waals surface area contributed by atoms with Gasteiger partial charge in [0.25, 0.3) is 0 Å². The first-order valence-electron chi connectivity index (χ1n) is 6.72. The van der Waals surface area contributed by atoms with Gasteiger partial charge in [0.2, 0.25) is 0 Å². The van der Waals surface area contributed by atoms with E-state index >= 15 is 0 Å². The number of nitrogens with zero attached hydrogens (tertiary/aromatic N) is 2. The summed E-state index contributed by atoms with van der Waals surface area (Å²) in [5.41, 5.74) is -0.0942. The molecular weight excluding hydrogens is 381 g/mol. The number of nitrogens with one attached hydrogen (secondary N) is 1. The van der Waals surface area contributed by atoms with Gasteiger partial charge >= 0.3 is 5.97 Å². The molecule has 0 spiro atoms. The lowest BCUT2D eigenvalue weighted by atomic mass is 9.90. The quantitative estimate of drug-likeness (QED) is 0.598. The largest absolute Gasteiger partial charge is 0.464 e. The molecule has 1 aromatic heterocycles. The third-order valence-corrected chi connectivity index (χ3v) is 3.88. The summed E-state index contributed by atoms with van der Waals surface area (Å²) in [5.74, 6) is -0.302. The molecule has 0 aliphatic heterocycles. The summed E-state index contributed by atoms with van der Waals surface area (Å²) >= 11 is 2.19. The van der Waals surface area contributed by atoms with Gasteiger partial charge in [-0.2, -0.15) is 5.10 Å². The van der Waals surface area contributed by atoms with E-state index < -0.39 is 5.54 Å². The molecule has 2 aromatic rings. The number of hydrogen-bond donors (Lipinski definition) is 1. The molecule has 0 aliphatic rings. The van der Waals surface area contributed by atoms with Crippen LogP contribution >= 0.6 is 22.6 Å². The molecule has 0 saturated carbocycles. The van der Waals surface area contributed by atoms with Gasteiger partial charge in [-0.3, -0.25) is 10.00 Å². The number of benzene rings is 1. The van der Waals surface area contributed by atoms with E-state index in [4.69, 9.17) is 4.74 Å². The Labute approximate surface area is 137 Å². The van der Waals surface area contributed by atoms with Gasteiger partial charge in [-0.1, -0.05) is 30.3 Å². The number of halogens is 1. The molecule has 1 atom stereocenters. The monoisotopic (exact) mass is 399 g/mol. The zero-order valence-electron chi connectivity index (χ0n) is 12.0. The Morgan fingerprint density at radius 3 is 2.67 bits per heavy atom. The number of likely N-dealkylation sites (N-methyl/N-ethyl adjacent to an activating group) is 1. The van der Waals surface area contributed by atoms with E-state index in [-0.39, 0.29) is 5.97 Å². The highest BCUT2D eigenvalue weighted by molar-refractivity contribution is 14.1. The number of hydrogen-bond acceptors (Lipinski definition) is 4. The fourth-order valence-corrected chi connectivity index (χ4v) is 2.69. The molecule has 0 saturated heterocycles. The minimum Gasteiger partial charge on any atom is -0.464 e. The van der Waals surface area contributed by atoms with Crippen LogP contribution in [0.3, 0.4) is 0 Å². The SMILES string of the molecule is CCOC(=O)C(Cn1cc(I)cn1)(NC)c1ccccc1. The highest BCUT2D eigenvalue weighted by Crippen LogP contribution is 2.25. The van der Waals surface area contributed by atoms with Crippen molar-refractivity contribution in [2.24, 2.45) is 0 Å². The van der Waals surface area contributed by atoms with Gasteiger partial charge in [0.05, 0.1) is 22.9 Å². The molecule has 0 amide bonds. The highest BCUT2D eigenvalue weighted by atomic mass is 127. The molecule has 1 heterocycles. The molecule has 1 aromatic carbocycles. The highest BCUT2D eigenvalue weighted by Gasteiger charge is 2.41. The molecule has 0 radical (unpaired) electrons. The fourth-order valence-electron chi connectivity index (χ4n) is 2.24. The summed E-state index contributed by atoms with van der Waals surface area (Å²) in [6, 6.07) is 9.58. The summed E-state index contributed by atoms with van der Waals surface area (Å²) in [7, 11) is 1.76. The molecule has 1 N–H and O–H groups in total. The molecular formula is C15H18IN3O2. The van der Waals surface area contributed by atoms with Crippen molar-refractivity contribution >= 4 is 28.6 Å². The van der Waals surface area contributed by atoms with Crippen LogP contribution in [-0.2, 0) is 21.6 Å². The van der Waals surface area contributed by atoms with Crippen molar-refractivity contribution in [2.45, 2.75) is 19.0 Å². The molecule has 0 aliphatic carbocycles. The zero-order valence-corrected chi connectivity index (χ0v) is 14.2. The van der Waals surface area contributed by atoms with Gasteiger partial charge < -0.3 is 4.74 Å². The third kappa shape index (κ3) is 3.44. The lowest BCUT2D eigenvalue weighted by molar-refractivity contribution is -0.152. The van der Waals surface area contributed by atoms with E-state index in [1.165, 1.54) is 0 Å². The molecule has 2 rings (SSSR count). The average molecular weight is 399 g/mol. The van der Waals surface area contributed by atoms with Crippen LogP contribution in [0.15, 0.2) is 42.7 Å². The molecule has 1 unspecified atom stereocenters. The molecule has 0 fully saturated rings. The molecule has 112 valence electrons. The summed E-state index contributed by atoms with van der Waals surface area (Å²) in [6.07, 6.45) is 3.66. The van der Waals surface area contributed by atoms with Crippen LogP contribution in [-0.4, -0.2) is 29.4 Å². The third-order valence-electron chi connectivity index (χ3n) is 3.32. The first-order valence-corrected chi connectivity index (χ1v) is 7.80. The Kier molecular flexibility index (Phi) is 5.35. The molecule has 6 heteroatoms. The molecule has 5 nitrogen and oxygen atoms in total. The van der Waals surface area contributed by atoms with E-state index in [1.807, 2.05) is 36.5 Å². The summed E-state index contributed by atoms with van der Waals surface area (Å²) in [5, 5.41) is 7.41. The second-order valence-corrected chi connectivity index (χ2v) is 5.84. The van der Waals surface area contributed by atoms with Crippen LogP contribution in [0.25, 0.3) is 0 Å². The topological polar surface area (TPSA) is 56.2 Å². The normalized spacial score (nSPS) is 13.7. The number of carbonyl (C=O) groups excluding carboxylic acids is 1. The molecule has 21 heavy (non-hydrogen) atoms. The summed E-state index contributed by atoms with van der Waals surface area (Å²) in [6.45, 7) is 2.52. The maximum atomic E-state index is 12.6. The van der Waals surface area contributed by atoms with Crippen molar-refractivity contribution in [1.29, 1.82) is 0 Å². The standard InChI is InChI=1S/C15H18IN3O2/c1-3-21-14(20)15(17-2,12-7-5-4-6-8-12)11-19-10-13(16)9-18-19/h4-10,17H,3,11H2,1-2H3. The van der Waals surface area contributed by atoms with Crippen molar-refractivity contribution in [1.82, 2.24) is 15.1 Å². The fraction of sp³-hybridized carbons (Fsp3) is 0.333. The summed E-state index contributed by atoms with van der Waals surface area (Å²) < 4.78 is 8.06. The van der Waals surface area contributed by atoms with Crippen LogP contribution in [0.2, 0.25) is 0 Å². The Bertz CT molecular complexity index is 600. The maximum absolute atomic E-state index is 12.6. The first-order chi connectivity index (χ1) is 10.1. The van der Waals surface area contributed by atoms with E-state index in [2.05, 4.69) is 33.0 Å². The number of aromatic nitrogens is 2. The van der Waals surface area contributed by atoms with Gasteiger partial charge in [-0.15, -0.1) is 0 Å². The maximum Gasteiger partial charge on any atom is 0.332 e. The number of carbonyl (C=O) groups is 1. The Morgan fingerprint density at radius 1 is 1.43 bits per heavy atom.